The summed E-state index contributed by atoms with van der Waals surface area (Å²) in [5.41, 5.74) is 8.01. The van der Waals surface area contributed by atoms with Gasteiger partial charge in [0.1, 0.15) is 5.82 Å². The summed E-state index contributed by atoms with van der Waals surface area (Å²) < 4.78 is 13.2. The van der Waals surface area contributed by atoms with Gasteiger partial charge in [-0.2, -0.15) is 0 Å². The minimum Gasteiger partial charge on any atom is -0.396 e. The molecule has 0 saturated carbocycles. The maximum atomic E-state index is 13.2. The number of halogens is 1. The molecule has 96 valence electrons. The molecule has 3 nitrogen and oxygen atoms in total. The SMILES string of the molecule is Nc1cc(N2CCc3ccccc3C2=O)ccc1F. The number of benzene rings is 2. The summed E-state index contributed by atoms with van der Waals surface area (Å²) in [6.07, 6.45) is 0.791. The van der Waals surface area contributed by atoms with Crippen LogP contribution in [0.15, 0.2) is 42.5 Å². The number of nitrogens with zero attached hydrogens (tertiary/aromatic N) is 1. The van der Waals surface area contributed by atoms with E-state index in [1.165, 1.54) is 12.1 Å². The molecule has 2 N–H and O–H groups in total. The van der Waals surface area contributed by atoms with Gasteiger partial charge in [0, 0.05) is 17.8 Å². The van der Waals surface area contributed by atoms with Gasteiger partial charge in [0.2, 0.25) is 0 Å². The fraction of sp³-hybridized carbons (Fsp3) is 0.133. The molecule has 3 rings (SSSR count). The van der Waals surface area contributed by atoms with Gasteiger partial charge in [-0.25, -0.2) is 4.39 Å². The average molecular weight is 256 g/mol. The Bertz CT molecular complexity index is 654. The standard InChI is InChI=1S/C15H13FN2O/c16-13-6-5-11(9-14(13)17)18-8-7-10-3-1-2-4-12(10)15(18)19/h1-6,9H,7-8,17H2. The van der Waals surface area contributed by atoms with Crippen LogP contribution < -0.4 is 10.6 Å². The Hall–Kier alpha value is -2.36. The summed E-state index contributed by atoms with van der Waals surface area (Å²) >= 11 is 0. The van der Waals surface area contributed by atoms with E-state index in [1.807, 2.05) is 24.3 Å². The van der Waals surface area contributed by atoms with E-state index in [2.05, 4.69) is 0 Å². The monoisotopic (exact) mass is 256 g/mol. The topological polar surface area (TPSA) is 46.3 Å². The van der Waals surface area contributed by atoms with Crippen LogP contribution in [0.2, 0.25) is 0 Å². The van der Waals surface area contributed by atoms with Gasteiger partial charge in [-0.05, 0) is 36.2 Å². The highest BCUT2D eigenvalue weighted by Crippen LogP contribution is 2.26. The molecule has 0 radical (unpaired) electrons. The Morgan fingerprint density at radius 2 is 1.95 bits per heavy atom. The number of amides is 1. The van der Waals surface area contributed by atoms with Crippen molar-refractivity contribution >= 4 is 17.3 Å². The number of anilines is 2. The molecule has 0 aromatic heterocycles. The Kier molecular flexibility index (Phi) is 2.71. The van der Waals surface area contributed by atoms with Crippen LogP contribution in [0.3, 0.4) is 0 Å². The van der Waals surface area contributed by atoms with Crippen molar-refractivity contribution in [3.63, 3.8) is 0 Å². The van der Waals surface area contributed by atoms with Crippen LogP contribution >= 0.6 is 0 Å². The van der Waals surface area contributed by atoms with E-state index in [-0.39, 0.29) is 11.6 Å². The predicted molar refractivity (Wildman–Crippen MR) is 72.6 cm³/mol. The normalized spacial score (nSPS) is 14.4. The zero-order chi connectivity index (χ0) is 13.4. The summed E-state index contributed by atoms with van der Waals surface area (Å²) in [6, 6.07) is 11.9. The summed E-state index contributed by atoms with van der Waals surface area (Å²) in [7, 11) is 0. The maximum Gasteiger partial charge on any atom is 0.258 e. The van der Waals surface area contributed by atoms with Crippen molar-refractivity contribution in [2.45, 2.75) is 6.42 Å². The molecule has 1 heterocycles. The van der Waals surface area contributed by atoms with Gasteiger partial charge in [0.05, 0.1) is 5.69 Å². The van der Waals surface area contributed by atoms with E-state index < -0.39 is 5.82 Å². The molecule has 19 heavy (non-hydrogen) atoms. The molecule has 0 spiro atoms. The Labute approximate surface area is 110 Å². The second-order valence-corrected chi connectivity index (χ2v) is 4.57. The van der Waals surface area contributed by atoms with Crippen molar-refractivity contribution in [3.8, 4) is 0 Å². The predicted octanol–water partition coefficient (Wildman–Crippen LogP) is 2.61. The second-order valence-electron chi connectivity index (χ2n) is 4.57. The summed E-state index contributed by atoms with van der Waals surface area (Å²) in [5.74, 6) is -0.526. The van der Waals surface area contributed by atoms with Gasteiger partial charge in [-0.15, -0.1) is 0 Å². The molecule has 1 amide bonds. The smallest absolute Gasteiger partial charge is 0.258 e. The summed E-state index contributed by atoms with van der Waals surface area (Å²) in [4.78, 5) is 14.0. The molecule has 1 aliphatic rings. The highest BCUT2D eigenvalue weighted by Gasteiger charge is 2.25. The van der Waals surface area contributed by atoms with Gasteiger partial charge in [-0.1, -0.05) is 18.2 Å². The molecule has 0 saturated heterocycles. The van der Waals surface area contributed by atoms with Crippen molar-refractivity contribution in [2.75, 3.05) is 17.2 Å². The molecular formula is C15H13FN2O. The number of rotatable bonds is 1. The molecular weight excluding hydrogens is 243 g/mol. The van der Waals surface area contributed by atoms with Crippen molar-refractivity contribution in [1.29, 1.82) is 0 Å². The Morgan fingerprint density at radius 3 is 2.74 bits per heavy atom. The van der Waals surface area contributed by atoms with E-state index in [9.17, 15) is 9.18 Å². The molecule has 1 aliphatic heterocycles. The maximum absolute atomic E-state index is 13.2. The number of carbonyl (C=O) groups is 1. The van der Waals surface area contributed by atoms with Gasteiger partial charge in [0.25, 0.3) is 5.91 Å². The van der Waals surface area contributed by atoms with Crippen molar-refractivity contribution in [3.05, 3.63) is 59.4 Å². The highest BCUT2D eigenvalue weighted by atomic mass is 19.1. The van der Waals surface area contributed by atoms with Gasteiger partial charge in [0.15, 0.2) is 0 Å². The number of hydrogen-bond donors (Lipinski definition) is 1. The molecule has 0 unspecified atom stereocenters. The van der Waals surface area contributed by atoms with E-state index in [0.717, 1.165) is 12.0 Å². The van der Waals surface area contributed by atoms with Crippen LogP contribution in [0, 0.1) is 5.82 Å². The summed E-state index contributed by atoms with van der Waals surface area (Å²) in [5, 5.41) is 0. The van der Waals surface area contributed by atoms with Gasteiger partial charge >= 0.3 is 0 Å². The zero-order valence-corrected chi connectivity index (χ0v) is 10.3. The largest absolute Gasteiger partial charge is 0.396 e. The molecule has 2 aromatic rings. The molecule has 0 aliphatic carbocycles. The molecule has 0 atom stereocenters. The first kappa shape index (κ1) is 11.7. The number of carbonyl (C=O) groups excluding carboxylic acids is 1. The van der Waals surface area contributed by atoms with Crippen LogP contribution in [-0.4, -0.2) is 12.5 Å². The Balaban J connectivity index is 2.00. The lowest BCUT2D eigenvalue weighted by Crippen LogP contribution is -2.37. The number of nitrogens with two attached hydrogens (primary N) is 1. The van der Waals surface area contributed by atoms with Crippen LogP contribution in [0.5, 0.6) is 0 Å². The molecule has 0 fully saturated rings. The fourth-order valence-electron chi connectivity index (χ4n) is 2.37. The van der Waals surface area contributed by atoms with Crippen LogP contribution in [-0.2, 0) is 6.42 Å². The third-order valence-electron chi connectivity index (χ3n) is 3.39. The van der Waals surface area contributed by atoms with Crippen molar-refractivity contribution in [1.82, 2.24) is 0 Å². The van der Waals surface area contributed by atoms with Crippen LogP contribution in [0.4, 0.5) is 15.8 Å². The average Bonchev–Trinajstić information content (AvgIpc) is 2.43. The van der Waals surface area contributed by atoms with Gasteiger partial charge < -0.3 is 10.6 Å². The third kappa shape index (κ3) is 1.95. The molecule has 4 heteroatoms. The lowest BCUT2D eigenvalue weighted by Gasteiger charge is -2.28. The number of nitrogen functional groups attached to an aromatic ring is 1. The van der Waals surface area contributed by atoms with E-state index in [0.29, 0.717) is 17.8 Å². The number of fused-ring (bicyclic) bond motifs is 1. The highest BCUT2D eigenvalue weighted by molar-refractivity contribution is 6.08. The first-order valence-electron chi connectivity index (χ1n) is 6.11. The van der Waals surface area contributed by atoms with Crippen LogP contribution in [0.25, 0.3) is 0 Å². The first-order chi connectivity index (χ1) is 9.16. The minimum absolute atomic E-state index is 0.0594. The second kappa shape index (κ2) is 4.39. The van der Waals surface area contributed by atoms with Crippen LogP contribution in [0.1, 0.15) is 15.9 Å². The minimum atomic E-state index is -0.464. The zero-order valence-electron chi connectivity index (χ0n) is 10.3. The first-order valence-corrected chi connectivity index (χ1v) is 6.11. The van der Waals surface area contributed by atoms with Crippen molar-refractivity contribution < 1.29 is 9.18 Å². The van der Waals surface area contributed by atoms with Crippen molar-refractivity contribution in [2.24, 2.45) is 0 Å². The van der Waals surface area contributed by atoms with E-state index in [4.69, 9.17) is 5.73 Å². The third-order valence-corrected chi connectivity index (χ3v) is 3.39. The molecule has 2 aromatic carbocycles. The quantitative estimate of drug-likeness (QED) is 0.797. The summed E-state index contributed by atoms with van der Waals surface area (Å²) in [6.45, 7) is 0.584. The van der Waals surface area contributed by atoms with Gasteiger partial charge in [-0.3, -0.25) is 4.79 Å². The lowest BCUT2D eigenvalue weighted by atomic mass is 9.98. The molecule has 0 bridgehead atoms. The Morgan fingerprint density at radius 1 is 1.16 bits per heavy atom. The number of hydrogen-bond acceptors (Lipinski definition) is 2. The lowest BCUT2D eigenvalue weighted by molar-refractivity contribution is 0.0980. The van der Waals surface area contributed by atoms with E-state index in [1.54, 1.807) is 11.0 Å². The fourth-order valence-corrected chi connectivity index (χ4v) is 2.37. The van der Waals surface area contributed by atoms with E-state index >= 15 is 0 Å².